The maximum Gasteiger partial charge on any atom is 0.307 e. The lowest BCUT2D eigenvalue weighted by molar-refractivity contribution is -0.136. The molecule has 1 aromatic carbocycles. The van der Waals surface area contributed by atoms with Gasteiger partial charge in [-0.15, -0.1) is 0 Å². The van der Waals surface area contributed by atoms with Crippen LogP contribution in [0.1, 0.15) is 30.9 Å². The Morgan fingerprint density at radius 2 is 1.74 bits per heavy atom. The lowest BCUT2D eigenvalue weighted by Gasteiger charge is -2.06. The molecule has 0 radical (unpaired) electrons. The second-order valence-corrected chi connectivity index (χ2v) is 4.76. The van der Waals surface area contributed by atoms with Crippen molar-refractivity contribution < 1.29 is 9.90 Å². The third-order valence-corrected chi connectivity index (χ3v) is 2.90. The summed E-state index contributed by atoms with van der Waals surface area (Å²) in [6.45, 7) is 4.29. The Bertz CT molecular complexity index is 560. The average molecular weight is 256 g/mol. The Labute approximate surface area is 112 Å². The molecule has 0 aliphatic rings. The molecule has 0 bridgehead atoms. The van der Waals surface area contributed by atoms with Gasteiger partial charge in [-0.25, -0.2) is 9.97 Å². The van der Waals surface area contributed by atoms with Gasteiger partial charge in [-0.3, -0.25) is 4.79 Å². The summed E-state index contributed by atoms with van der Waals surface area (Å²) in [6.07, 6.45) is 3.08. The van der Waals surface area contributed by atoms with E-state index in [1.165, 1.54) is 5.56 Å². The first-order valence-electron chi connectivity index (χ1n) is 6.19. The molecule has 4 heteroatoms. The van der Waals surface area contributed by atoms with Crippen LogP contribution in [0.3, 0.4) is 0 Å². The van der Waals surface area contributed by atoms with Gasteiger partial charge in [0.1, 0.15) is 0 Å². The zero-order chi connectivity index (χ0) is 13.8. The van der Waals surface area contributed by atoms with Crippen molar-refractivity contribution >= 4 is 5.97 Å². The Hall–Kier alpha value is -2.23. The van der Waals surface area contributed by atoms with Crippen LogP contribution in [0.25, 0.3) is 11.4 Å². The van der Waals surface area contributed by atoms with Crippen molar-refractivity contribution in [1.82, 2.24) is 9.97 Å². The molecule has 19 heavy (non-hydrogen) atoms. The lowest BCUT2D eigenvalue weighted by atomic mass is 10.0. The second kappa shape index (κ2) is 5.61. The molecule has 0 fully saturated rings. The first-order valence-corrected chi connectivity index (χ1v) is 6.19. The first-order chi connectivity index (χ1) is 9.06. The average Bonchev–Trinajstić information content (AvgIpc) is 2.39. The number of carboxylic acids is 1. The number of carbonyl (C=O) groups is 1. The summed E-state index contributed by atoms with van der Waals surface area (Å²) in [5.74, 6) is 0.231. The number of hydrogen-bond acceptors (Lipinski definition) is 3. The number of aromatic nitrogens is 2. The van der Waals surface area contributed by atoms with Gasteiger partial charge in [0.05, 0.1) is 6.42 Å². The van der Waals surface area contributed by atoms with Crippen molar-refractivity contribution in [2.75, 3.05) is 0 Å². The molecule has 0 saturated heterocycles. The summed E-state index contributed by atoms with van der Waals surface area (Å²) in [4.78, 5) is 19.0. The maximum absolute atomic E-state index is 10.6. The number of rotatable bonds is 4. The fourth-order valence-corrected chi connectivity index (χ4v) is 1.79. The van der Waals surface area contributed by atoms with Crippen LogP contribution in [0, 0.1) is 0 Å². The second-order valence-electron chi connectivity index (χ2n) is 4.76. The van der Waals surface area contributed by atoms with Crippen LogP contribution in [0.5, 0.6) is 0 Å². The quantitative estimate of drug-likeness (QED) is 0.913. The predicted octanol–water partition coefficient (Wildman–Crippen LogP) is 2.89. The SMILES string of the molecule is CC(C)c1ccc(-c2ncc(CC(=O)O)cn2)cc1. The van der Waals surface area contributed by atoms with E-state index < -0.39 is 5.97 Å². The highest BCUT2D eigenvalue weighted by Crippen LogP contribution is 2.19. The van der Waals surface area contributed by atoms with Gasteiger partial charge in [0.15, 0.2) is 5.82 Å². The molecule has 0 spiro atoms. The van der Waals surface area contributed by atoms with E-state index in [-0.39, 0.29) is 6.42 Å². The Kier molecular flexibility index (Phi) is 3.90. The number of hydrogen-bond donors (Lipinski definition) is 1. The summed E-state index contributed by atoms with van der Waals surface area (Å²) in [7, 11) is 0. The molecule has 0 unspecified atom stereocenters. The molecular formula is C15H16N2O2. The minimum absolute atomic E-state index is 0.0490. The van der Waals surface area contributed by atoms with Gasteiger partial charge in [0, 0.05) is 18.0 Å². The van der Waals surface area contributed by atoms with Gasteiger partial charge in [-0.1, -0.05) is 38.1 Å². The largest absolute Gasteiger partial charge is 0.481 e. The monoisotopic (exact) mass is 256 g/mol. The number of carboxylic acid groups (broad SMARTS) is 1. The van der Waals surface area contributed by atoms with Crippen molar-refractivity contribution in [1.29, 1.82) is 0 Å². The Balaban J connectivity index is 2.19. The molecule has 1 N–H and O–H groups in total. The van der Waals surface area contributed by atoms with Crippen LogP contribution < -0.4 is 0 Å². The van der Waals surface area contributed by atoms with Crippen LogP contribution in [0.4, 0.5) is 0 Å². The van der Waals surface area contributed by atoms with E-state index in [0.29, 0.717) is 17.3 Å². The molecule has 0 aliphatic heterocycles. The zero-order valence-corrected chi connectivity index (χ0v) is 11.0. The zero-order valence-electron chi connectivity index (χ0n) is 11.0. The number of benzene rings is 1. The molecule has 0 amide bonds. The van der Waals surface area contributed by atoms with Crippen molar-refractivity contribution in [3.63, 3.8) is 0 Å². The van der Waals surface area contributed by atoms with Gasteiger partial charge in [-0.05, 0) is 17.0 Å². The van der Waals surface area contributed by atoms with E-state index in [9.17, 15) is 4.79 Å². The molecule has 4 nitrogen and oxygen atoms in total. The van der Waals surface area contributed by atoms with Gasteiger partial charge in [0.2, 0.25) is 0 Å². The number of aliphatic carboxylic acids is 1. The van der Waals surface area contributed by atoms with E-state index in [4.69, 9.17) is 5.11 Å². The van der Waals surface area contributed by atoms with E-state index >= 15 is 0 Å². The topological polar surface area (TPSA) is 63.1 Å². The molecule has 1 aromatic heterocycles. The minimum atomic E-state index is -0.877. The summed E-state index contributed by atoms with van der Waals surface area (Å²) in [5, 5.41) is 8.68. The maximum atomic E-state index is 10.6. The molecule has 98 valence electrons. The van der Waals surface area contributed by atoms with Gasteiger partial charge >= 0.3 is 5.97 Å². The fraction of sp³-hybridized carbons (Fsp3) is 0.267. The van der Waals surface area contributed by atoms with Crippen LogP contribution in [-0.4, -0.2) is 21.0 Å². The summed E-state index contributed by atoms with van der Waals surface area (Å²) < 4.78 is 0. The fourth-order valence-electron chi connectivity index (χ4n) is 1.79. The smallest absolute Gasteiger partial charge is 0.307 e. The molecule has 0 saturated carbocycles. The van der Waals surface area contributed by atoms with E-state index in [2.05, 4.69) is 35.9 Å². The van der Waals surface area contributed by atoms with E-state index in [1.54, 1.807) is 12.4 Å². The molecule has 1 heterocycles. The predicted molar refractivity (Wildman–Crippen MR) is 72.9 cm³/mol. The molecular weight excluding hydrogens is 240 g/mol. The van der Waals surface area contributed by atoms with E-state index in [0.717, 1.165) is 5.56 Å². The van der Waals surface area contributed by atoms with Gasteiger partial charge < -0.3 is 5.11 Å². The standard InChI is InChI=1S/C15H16N2O2/c1-10(2)12-3-5-13(6-4-12)15-16-8-11(9-17-15)7-14(18)19/h3-6,8-10H,7H2,1-2H3,(H,18,19). The van der Waals surface area contributed by atoms with E-state index in [1.807, 2.05) is 12.1 Å². The third kappa shape index (κ3) is 3.37. The molecule has 0 atom stereocenters. The Morgan fingerprint density at radius 3 is 2.21 bits per heavy atom. The lowest BCUT2D eigenvalue weighted by Crippen LogP contribution is -2.01. The normalized spacial score (nSPS) is 10.7. The van der Waals surface area contributed by atoms with Gasteiger partial charge in [0.25, 0.3) is 0 Å². The van der Waals surface area contributed by atoms with Crippen LogP contribution in [0.2, 0.25) is 0 Å². The van der Waals surface area contributed by atoms with Crippen LogP contribution >= 0.6 is 0 Å². The van der Waals surface area contributed by atoms with Gasteiger partial charge in [-0.2, -0.15) is 0 Å². The van der Waals surface area contributed by atoms with Crippen molar-refractivity contribution in [3.05, 3.63) is 47.8 Å². The molecule has 2 aromatic rings. The molecule has 2 rings (SSSR count). The highest BCUT2D eigenvalue weighted by atomic mass is 16.4. The minimum Gasteiger partial charge on any atom is -0.481 e. The number of nitrogens with zero attached hydrogens (tertiary/aromatic N) is 2. The highest BCUT2D eigenvalue weighted by molar-refractivity contribution is 5.70. The van der Waals surface area contributed by atoms with Crippen LogP contribution in [-0.2, 0) is 11.2 Å². The third-order valence-electron chi connectivity index (χ3n) is 2.90. The van der Waals surface area contributed by atoms with Crippen molar-refractivity contribution in [3.8, 4) is 11.4 Å². The van der Waals surface area contributed by atoms with Crippen molar-refractivity contribution in [2.24, 2.45) is 0 Å². The first kappa shape index (κ1) is 13.2. The van der Waals surface area contributed by atoms with Crippen molar-refractivity contribution in [2.45, 2.75) is 26.2 Å². The summed E-state index contributed by atoms with van der Waals surface area (Å²) in [6, 6.07) is 8.10. The summed E-state index contributed by atoms with van der Waals surface area (Å²) >= 11 is 0. The Morgan fingerprint density at radius 1 is 1.16 bits per heavy atom. The summed E-state index contributed by atoms with van der Waals surface area (Å²) in [5.41, 5.74) is 2.81. The highest BCUT2D eigenvalue weighted by Gasteiger charge is 2.05. The molecule has 0 aliphatic carbocycles. The van der Waals surface area contributed by atoms with Crippen LogP contribution in [0.15, 0.2) is 36.7 Å².